The molecule has 8 nitrogen and oxygen atoms in total. The van der Waals surface area contributed by atoms with E-state index in [1.54, 1.807) is 30.5 Å². The van der Waals surface area contributed by atoms with E-state index in [-0.39, 0.29) is 36.9 Å². The van der Waals surface area contributed by atoms with E-state index < -0.39 is 6.10 Å². The van der Waals surface area contributed by atoms with Crippen molar-refractivity contribution in [3.63, 3.8) is 0 Å². The number of pyridine rings is 1. The zero-order valence-electron chi connectivity index (χ0n) is 22.4. The van der Waals surface area contributed by atoms with Crippen molar-refractivity contribution in [2.45, 2.75) is 13.0 Å². The van der Waals surface area contributed by atoms with E-state index in [9.17, 15) is 9.90 Å². The fraction of sp³-hybridized carbons (Fsp3) is 0.357. The molecule has 4 aromatic rings. The summed E-state index contributed by atoms with van der Waals surface area (Å²) in [6.07, 6.45) is 2.95. The molecule has 216 valence electrons. The second-order valence-electron chi connectivity index (χ2n) is 9.61. The van der Waals surface area contributed by atoms with Crippen LogP contribution in [-0.2, 0) is 0 Å². The van der Waals surface area contributed by atoms with Crippen molar-refractivity contribution >= 4 is 70.6 Å². The molecule has 1 atom stereocenters. The fourth-order valence-corrected chi connectivity index (χ4v) is 5.56. The first-order valence-corrected chi connectivity index (χ1v) is 14.6. The molecule has 12 heteroatoms. The molecule has 0 aliphatic carbocycles. The number of piperazine rings is 1. The molecule has 0 unspecified atom stereocenters. The minimum atomic E-state index is -0.789. The molecular formula is C28H35Cl3N6O2S. The fourth-order valence-electron chi connectivity index (χ4n) is 4.92. The van der Waals surface area contributed by atoms with Crippen LogP contribution in [0.1, 0.15) is 17.2 Å². The smallest absolute Gasteiger partial charge is 0.261 e. The summed E-state index contributed by atoms with van der Waals surface area (Å²) in [7, 11) is 0. The Labute approximate surface area is 255 Å². The highest BCUT2D eigenvalue weighted by atomic mass is 35.5. The number of nitrogens with one attached hydrogen (secondary N) is 3. The van der Waals surface area contributed by atoms with E-state index >= 15 is 0 Å². The minimum absolute atomic E-state index is 0. The average Bonchev–Trinajstić information content (AvgIpc) is 3.35. The number of anilines is 2. The van der Waals surface area contributed by atoms with Crippen molar-refractivity contribution in [3.8, 4) is 11.4 Å². The van der Waals surface area contributed by atoms with Gasteiger partial charge in [0.05, 0.1) is 22.8 Å². The predicted octanol–water partition coefficient (Wildman–Crippen LogP) is 5.35. The Morgan fingerprint density at radius 1 is 1.15 bits per heavy atom. The Morgan fingerprint density at radius 2 is 1.93 bits per heavy atom. The van der Waals surface area contributed by atoms with Gasteiger partial charge in [0.2, 0.25) is 0 Å². The van der Waals surface area contributed by atoms with Gasteiger partial charge < -0.3 is 25.3 Å². The lowest BCUT2D eigenvalue weighted by Crippen LogP contribution is -2.47. The van der Waals surface area contributed by atoms with E-state index in [0.29, 0.717) is 27.7 Å². The van der Waals surface area contributed by atoms with E-state index in [1.807, 2.05) is 17.8 Å². The molecule has 5 rings (SSSR count). The van der Waals surface area contributed by atoms with Crippen LogP contribution in [0, 0.1) is 6.92 Å². The van der Waals surface area contributed by atoms with Crippen LogP contribution in [0.15, 0.2) is 53.5 Å². The molecular weight excluding hydrogens is 591 g/mol. The maximum absolute atomic E-state index is 12.9. The number of hydrogen-bond donors (Lipinski definition) is 4. The predicted molar refractivity (Wildman–Crippen MR) is 173 cm³/mol. The molecule has 0 radical (unpaired) electrons. The number of aryl methyl sites for hydroxylation is 1. The number of aliphatic hydroxyl groups is 1. The summed E-state index contributed by atoms with van der Waals surface area (Å²) in [4.78, 5) is 28.8. The monoisotopic (exact) mass is 624 g/mol. The van der Waals surface area contributed by atoms with Crippen LogP contribution in [-0.4, -0.2) is 76.2 Å². The summed E-state index contributed by atoms with van der Waals surface area (Å²) in [5.74, 6) is 1.65. The standard InChI is InChI=1S/C28H33ClN6O2S.2ClH/c1-18-14-21(35-10-8-34(9-11-35)12-13-38-2)16-23-26(18)33-27(32-23)25-22(6-7-30-28(25)37)31-17-24(36)19-4-3-5-20(29)15-19;;/h3-7,14-16,24,36H,8-13,17H2,1-2H3,(H,32,33)(H2,30,31,37);2*1H/t24-;;/m1../s1. The lowest BCUT2D eigenvalue weighted by molar-refractivity contribution is 0.191. The summed E-state index contributed by atoms with van der Waals surface area (Å²) in [5, 5.41) is 14.4. The SMILES string of the molecule is CSCCN1CCN(c2cc(C)c3nc(-c4c(NC[C@@H](O)c5cccc(Cl)c5)cc[nH]c4=O)[nH]c3c2)CC1.Cl.Cl. The number of aromatic amines is 2. The summed E-state index contributed by atoms with van der Waals surface area (Å²) in [5.41, 5.74) is 5.41. The summed E-state index contributed by atoms with van der Waals surface area (Å²) >= 11 is 7.96. The first-order valence-electron chi connectivity index (χ1n) is 12.8. The Morgan fingerprint density at radius 3 is 2.65 bits per heavy atom. The second-order valence-corrected chi connectivity index (χ2v) is 11.0. The molecule has 3 heterocycles. The van der Waals surface area contributed by atoms with Crippen molar-refractivity contribution in [2.75, 3.05) is 61.5 Å². The number of rotatable bonds is 9. The number of thioether (sulfide) groups is 1. The first-order chi connectivity index (χ1) is 18.4. The van der Waals surface area contributed by atoms with E-state index in [4.69, 9.17) is 16.6 Å². The van der Waals surface area contributed by atoms with Gasteiger partial charge in [-0.3, -0.25) is 9.69 Å². The van der Waals surface area contributed by atoms with Crippen LogP contribution in [0.3, 0.4) is 0 Å². The number of nitrogens with zero attached hydrogens (tertiary/aromatic N) is 3. The number of benzene rings is 2. The average molecular weight is 626 g/mol. The van der Waals surface area contributed by atoms with Crippen LogP contribution in [0.25, 0.3) is 22.4 Å². The van der Waals surface area contributed by atoms with Gasteiger partial charge in [-0.25, -0.2) is 4.98 Å². The Balaban J connectivity index is 0.00000220. The Hall–Kier alpha value is -2.40. The van der Waals surface area contributed by atoms with Crippen LogP contribution >= 0.6 is 48.2 Å². The van der Waals surface area contributed by atoms with Crippen molar-refractivity contribution in [3.05, 3.63) is 75.2 Å². The van der Waals surface area contributed by atoms with Gasteiger partial charge in [-0.05, 0) is 54.6 Å². The van der Waals surface area contributed by atoms with Crippen LogP contribution < -0.4 is 15.8 Å². The molecule has 1 fully saturated rings. The summed E-state index contributed by atoms with van der Waals surface area (Å²) < 4.78 is 0. The third kappa shape index (κ3) is 7.26. The van der Waals surface area contributed by atoms with Crippen molar-refractivity contribution in [2.24, 2.45) is 0 Å². The minimum Gasteiger partial charge on any atom is -0.387 e. The van der Waals surface area contributed by atoms with E-state index in [2.05, 4.69) is 50.4 Å². The number of aromatic nitrogens is 3. The van der Waals surface area contributed by atoms with Gasteiger partial charge in [-0.15, -0.1) is 24.8 Å². The third-order valence-corrected chi connectivity index (χ3v) is 7.85. The highest BCUT2D eigenvalue weighted by Gasteiger charge is 2.20. The molecule has 1 saturated heterocycles. The van der Waals surface area contributed by atoms with Crippen LogP contribution in [0.2, 0.25) is 5.02 Å². The summed E-state index contributed by atoms with van der Waals surface area (Å²) in [6, 6.07) is 13.2. The number of aliphatic hydroxyl groups excluding tert-OH is 1. The zero-order chi connectivity index (χ0) is 26.6. The molecule has 40 heavy (non-hydrogen) atoms. The third-order valence-electron chi connectivity index (χ3n) is 7.03. The Bertz CT molecular complexity index is 1470. The molecule has 2 aromatic heterocycles. The lowest BCUT2D eigenvalue weighted by Gasteiger charge is -2.36. The van der Waals surface area contributed by atoms with Gasteiger partial charge in [0, 0.05) is 61.9 Å². The molecule has 2 aromatic carbocycles. The maximum atomic E-state index is 12.9. The highest BCUT2D eigenvalue weighted by Crippen LogP contribution is 2.30. The van der Waals surface area contributed by atoms with E-state index in [0.717, 1.165) is 55.1 Å². The Kier molecular flexibility index (Phi) is 11.6. The quantitative estimate of drug-likeness (QED) is 0.199. The number of H-pyrrole nitrogens is 2. The van der Waals surface area contributed by atoms with Gasteiger partial charge in [-0.2, -0.15) is 11.8 Å². The number of hydrogen-bond acceptors (Lipinski definition) is 7. The van der Waals surface area contributed by atoms with Gasteiger partial charge in [-0.1, -0.05) is 23.7 Å². The second kappa shape index (κ2) is 14.5. The van der Waals surface area contributed by atoms with E-state index in [1.165, 1.54) is 5.69 Å². The van der Waals surface area contributed by atoms with Crippen LogP contribution in [0.4, 0.5) is 11.4 Å². The van der Waals surface area contributed by atoms with Crippen LogP contribution in [0.5, 0.6) is 0 Å². The molecule has 0 bridgehead atoms. The van der Waals surface area contributed by atoms with Gasteiger partial charge in [0.1, 0.15) is 11.4 Å². The molecule has 1 aliphatic rings. The zero-order valence-corrected chi connectivity index (χ0v) is 25.7. The molecule has 0 spiro atoms. The largest absolute Gasteiger partial charge is 0.387 e. The van der Waals surface area contributed by atoms with Gasteiger partial charge >= 0.3 is 0 Å². The molecule has 0 saturated carbocycles. The summed E-state index contributed by atoms with van der Waals surface area (Å²) in [6.45, 7) is 7.49. The number of halogens is 3. The normalized spacial score (nSPS) is 14.4. The number of imidazole rings is 1. The van der Waals surface area contributed by atoms with Crippen molar-refractivity contribution in [1.82, 2.24) is 19.9 Å². The van der Waals surface area contributed by atoms with Gasteiger partial charge in [0.25, 0.3) is 5.56 Å². The first kappa shape index (κ1) is 32.1. The highest BCUT2D eigenvalue weighted by molar-refractivity contribution is 7.98. The molecule has 0 amide bonds. The molecule has 4 N–H and O–H groups in total. The lowest BCUT2D eigenvalue weighted by atomic mass is 10.1. The molecule has 1 aliphatic heterocycles. The van der Waals surface area contributed by atoms with Gasteiger partial charge in [0.15, 0.2) is 0 Å². The number of fused-ring (bicyclic) bond motifs is 1. The van der Waals surface area contributed by atoms with Crippen molar-refractivity contribution in [1.29, 1.82) is 0 Å². The maximum Gasteiger partial charge on any atom is 0.261 e. The topological polar surface area (TPSA) is 100 Å². The van der Waals surface area contributed by atoms with Crippen molar-refractivity contribution < 1.29 is 5.11 Å².